The molecule has 0 saturated heterocycles. The largest absolute Gasteiger partial charge is 0.396 e. The van der Waals surface area contributed by atoms with Crippen molar-refractivity contribution in [3.63, 3.8) is 0 Å². The summed E-state index contributed by atoms with van der Waals surface area (Å²) in [6.07, 6.45) is 9.18. The topological polar surface area (TPSA) is 50.9 Å². The van der Waals surface area contributed by atoms with E-state index in [0.717, 1.165) is 5.69 Å². The van der Waals surface area contributed by atoms with Crippen molar-refractivity contribution >= 4 is 11.4 Å². The first kappa shape index (κ1) is 9.40. The summed E-state index contributed by atoms with van der Waals surface area (Å²) in [5.74, 6) is 2.59. The molecule has 0 saturated carbocycles. The summed E-state index contributed by atoms with van der Waals surface area (Å²) in [7, 11) is 0. The van der Waals surface area contributed by atoms with Crippen molar-refractivity contribution in [2.24, 2.45) is 0 Å². The highest BCUT2D eigenvalue weighted by molar-refractivity contribution is 5.64. The van der Waals surface area contributed by atoms with Crippen LogP contribution in [0.25, 0.3) is 0 Å². The van der Waals surface area contributed by atoms with Crippen LogP contribution in [0.5, 0.6) is 0 Å². The van der Waals surface area contributed by atoms with E-state index < -0.39 is 0 Å². The minimum Gasteiger partial charge on any atom is -0.396 e. The normalized spacial score (nSPS) is 11.7. The van der Waals surface area contributed by atoms with E-state index in [1.807, 2.05) is 13.0 Å². The zero-order chi connectivity index (χ0) is 9.68. The second-order valence-electron chi connectivity index (χ2n) is 2.92. The van der Waals surface area contributed by atoms with Gasteiger partial charge in [0.25, 0.3) is 0 Å². The van der Waals surface area contributed by atoms with Gasteiger partial charge in [-0.15, -0.1) is 12.3 Å². The van der Waals surface area contributed by atoms with Gasteiger partial charge >= 0.3 is 0 Å². The Labute approximate surface area is 78.4 Å². The minimum absolute atomic E-state index is 0.231. The van der Waals surface area contributed by atoms with E-state index >= 15 is 0 Å². The Balaban J connectivity index is 2.64. The average molecular weight is 175 g/mol. The summed E-state index contributed by atoms with van der Waals surface area (Å²) in [5, 5.41) is 3.20. The second kappa shape index (κ2) is 4.36. The maximum atomic E-state index is 5.69. The van der Waals surface area contributed by atoms with Crippen molar-refractivity contribution in [3.8, 4) is 12.3 Å². The Morgan fingerprint density at radius 1 is 1.77 bits per heavy atom. The molecule has 0 aromatic carbocycles. The molecule has 3 nitrogen and oxygen atoms in total. The van der Waals surface area contributed by atoms with Gasteiger partial charge in [-0.05, 0) is 13.0 Å². The Morgan fingerprint density at radius 2 is 2.54 bits per heavy atom. The highest BCUT2D eigenvalue weighted by Crippen LogP contribution is 2.16. The third-order valence-corrected chi connectivity index (χ3v) is 1.68. The van der Waals surface area contributed by atoms with E-state index in [2.05, 4.69) is 16.2 Å². The molecule has 68 valence electrons. The van der Waals surface area contributed by atoms with Gasteiger partial charge < -0.3 is 11.1 Å². The summed E-state index contributed by atoms with van der Waals surface area (Å²) in [6, 6.07) is 2.07. The van der Waals surface area contributed by atoms with Crippen LogP contribution in [0.2, 0.25) is 0 Å². The van der Waals surface area contributed by atoms with Crippen LogP contribution in [0, 0.1) is 12.3 Å². The molecule has 0 amide bonds. The number of hydrogen-bond donors (Lipinski definition) is 2. The van der Waals surface area contributed by atoms with Crippen LogP contribution >= 0.6 is 0 Å². The standard InChI is InChI=1S/C10H13N3/c1-3-4-8(2)13-10-5-6-12-7-9(10)11/h1,5-8H,4,11H2,2H3,(H,12,13). The summed E-state index contributed by atoms with van der Waals surface area (Å²) in [4.78, 5) is 3.89. The van der Waals surface area contributed by atoms with Gasteiger partial charge in [0.2, 0.25) is 0 Å². The molecule has 0 aliphatic carbocycles. The Kier molecular flexibility index (Phi) is 3.15. The molecular weight excluding hydrogens is 162 g/mol. The second-order valence-corrected chi connectivity index (χ2v) is 2.92. The lowest BCUT2D eigenvalue weighted by molar-refractivity contribution is 0.829. The number of aromatic nitrogens is 1. The van der Waals surface area contributed by atoms with Crippen molar-refractivity contribution in [2.75, 3.05) is 11.1 Å². The van der Waals surface area contributed by atoms with Crippen LogP contribution in [0.15, 0.2) is 18.5 Å². The molecule has 0 aliphatic heterocycles. The molecule has 0 aliphatic rings. The third-order valence-electron chi connectivity index (χ3n) is 1.68. The molecule has 0 radical (unpaired) electrons. The van der Waals surface area contributed by atoms with Gasteiger partial charge in [0.15, 0.2) is 0 Å². The molecule has 1 rings (SSSR count). The number of nitrogens with zero attached hydrogens (tertiary/aromatic N) is 1. The molecule has 1 heterocycles. The SMILES string of the molecule is C#CCC(C)Nc1ccncc1N. The predicted molar refractivity (Wildman–Crippen MR) is 55.2 cm³/mol. The Morgan fingerprint density at radius 3 is 3.15 bits per heavy atom. The number of pyridine rings is 1. The first-order chi connectivity index (χ1) is 6.24. The van der Waals surface area contributed by atoms with E-state index in [4.69, 9.17) is 12.2 Å². The first-order valence-electron chi connectivity index (χ1n) is 4.13. The van der Waals surface area contributed by atoms with Crippen molar-refractivity contribution in [1.82, 2.24) is 4.98 Å². The van der Waals surface area contributed by atoms with Gasteiger partial charge in [0, 0.05) is 18.7 Å². The van der Waals surface area contributed by atoms with Crippen LogP contribution in [0.3, 0.4) is 0 Å². The minimum atomic E-state index is 0.231. The monoisotopic (exact) mass is 175 g/mol. The molecule has 3 N–H and O–H groups in total. The smallest absolute Gasteiger partial charge is 0.0736 e. The van der Waals surface area contributed by atoms with Crippen molar-refractivity contribution in [2.45, 2.75) is 19.4 Å². The van der Waals surface area contributed by atoms with E-state index in [0.29, 0.717) is 12.1 Å². The number of nitrogens with two attached hydrogens (primary N) is 1. The van der Waals surface area contributed by atoms with Crippen LogP contribution in [-0.2, 0) is 0 Å². The molecule has 13 heavy (non-hydrogen) atoms. The highest BCUT2D eigenvalue weighted by Gasteiger charge is 2.01. The van der Waals surface area contributed by atoms with E-state index in [-0.39, 0.29) is 6.04 Å². The Hall–Kier alpha value is -1.69. The molecule has 1 atom stereocenters. The van der Waals surface area contributed by atoms with Crippen LogP contribution in [0.1, 0.15) is 13.3 Å². The molecule has 1 aromatic heterocycles. The summed E-state index contributed by atoms with van der Waals surface area (Å²) in [5.41, 5.74) is 7.22. The van der Waals surface area contributed by atoms with Gasteiger partial charge in [-0.25, -0.2) is 0 Å². The predicted octanol–water partition coefficient (Wildman–Crippen LogP) is 1.49. The zero-order valence-corrected chi connectivity index (χ0v) is 7.62. The van der Waals surface area contributed by atoms with Crippen molar-refractivity contribution in [3.05, 3.63) is 18.5 Å². The van der Waals surface area contributed by atoms with E-state index in [9.17, 15) is 0 Å². The number of nitrogen functional groups attached to an aromatic ring is 1. The highest BCUT2D eigenvalue weighted by atomic mass is 14.9. The van der Waals surface area contributed by atoms with Crippen LogP contribution in [0.4, 0.5) is 11.4 Å². The van der Waals surface area contributed by atoms with Gasteiger partial charge in [-0.3, -0.25) is 4.98 Å². The average Bonchev–Trinajstić information content (AvgIpc) is 2.09. The number of anilines is 2. The maximum Gasteiger partial charge on any atom is 0.0736 e. The summed E-state index contributed by atoms with van der Waals surface area (Å²) in [6.45, 7) is 2.01. The fourth-order valence-corrected chi connectivity index (χ4v) is 1.03. The molecule has 0 fully saturated rings. The van der Waals surface area contributed by atoms with Gasteiger partial charge in [-0.2, -0.15) is 0 Å². The lowest BCUT2D eigenvalue weighted by Crippen LogP contribution is -2.15. The van der Waals surface area contributed by atoms with Gasteiger partial charge in [0.1, 0.15) is 0 Å². The van der Waals surface area contributed by atoms with Crippen molar-refractivity contribution in [1.29, 1.82) is 0 Å². The lowest BCUT2D eigenvalue weighted by atomic mass is 10.2. The number of nitrogens with one attached hydrogen (secondary N) is 1. The molecule has 0 spiro atoms. The third kappa shape index (κ3) is 2.68. The molecule has 3 heteroatoms. The molecule has 0 bridgehead atoms. The zero-order valence-electron chi connectivity index (χ0n) is 7.62. The fourth-order valence-electron chi connectivity index (χ4n) is 1.03. The quantitative estimate of drug-likeness (QED) is 0.684. The number of terminal acetylenes is 1. The van der Waals surface area contributed by atoms with Gasteiger partial charge in [0.05, 0.1) is 17.6 Å². The van der Waals surface area contributed by atoms with E-state index in [1.165, 1.54) is 0 Å². The summed E-state index contributed by atoms with van der Waals surface area (Å²) >= 11 is 0. The van der Waals surface area contributed by atoms with Crippen LogP contribution < -0.4 is 11.1 Å². The van der Waals surface area contributed by atoms with Crippen molar-refractivity contribution < 1.29 is 0 Å². The fraction of sp³-hybridized carbons (Fsp3) is 0.300. The number of rotatable bonds is 3. The molecule has 1 aromatic rings. The molecular formula is C10H13N3. The first-order valence-corrected chi connectivity index (χ1v) is 4.13. The number of hydrogen-bond acceptors (Lipinski definition) is 3. The lowest BCUT2D eigenvalue weighted by Gasteiger charge is -2.13. The summed E-state index contributed by atoms with van der Waals surface area (Å²) < 4.78 is 0. The van der Waals surface area contributed by atoms with Gasteiger partial charge in [-0.1, -0.05) is 0 Å². The van der Waals surface area contributed by atoms with Crippen LogP contribution in [-0.4, -0.2) is 11.0 Å². The molecule has 1 unspecified atom stereocenters. The van der Waals surface area contributed by atoms with E-state index in [1.54, 1.807) is 12.4 Å². The Bertz CT molecular complexity index is 314. The maximum absolute atomic E-state index is 5.69.